The highest BCUT2D eigenvalue weighted by atomic mass is 32.2. The molecular weight excluding hydrogens is 278 g/mol. The second-order valence-corrected chi connectivity index (χ2v) is 7.21. The number of aromatic amines is 1. The lowest BCUT2D eigenvalue weighted by molar-refractivity contribution is 0.170. The molecule has 0 atom stereocenters. The van der Waals surface area contributed by atoms with E-state index in [0.717, 1.165) is 38.9 Å². The second kappa shape index (κ2) is 6.11. The van der Waals surface area contributed by atoms with Gasteiger partial charge >= 0.3 is 0 Å². The van der Waals surface area contributed by atoms with E-state index < -0.39 is 10.0 Å². The van der Waals surface area contributed by atoms with E-state index in [1.165, 1.54) is 10.5 Å². The zero-order valence-corrected chi connectivity index (χ0v) is 12.9. The van der Waals surface area contributed by atoms with Crippen molar-refractivity contribution in [1.82, 2.24) is 19.4 Å². The number of hydrogen-bond acceptors (Lipinski definition) is 5. The molecule has 3 N–H and O–H groups in total. The molecule has 0 aromatic carbocycles. The highest BCUT2D eigenvalue weighted by Crippen LogP contribution is 2.24. The van der Waals surface area contributed by atoms with Crippen molar-refractivity contribution in [3.8, 4) is 0 Å². The van der Waals surface area contributed by atoms with Gasteiger partial charge in [-0.1, -0.05) is 6.92 Å². The minimum atomic E-state index is -3.56. The summed E-state index contributed by atoms with van der Waals surface area (Å²) in [6.07, 6.45) is 4.11. The summed E-state index contributed by atoms with van der Waals surface area (Å²) in [5.41, 5.74) is 5.62. The van der Waals surface area contributed by atoms with Crippen molar-refractivity contribution in [1.29, 1.82) is 0 Å². The number of hydrogen-bond donors (Lipinski definition) is 2. The fourth-order valence-electron chi connectivity index (χ4n) is 2.66. The SMILES string of the molecule is CCCN1CCC(N(C)S(=O)(=O)c2cn[nH]c2N)CC1. The molecule has 7 nitrogen and oxygen atoms in total. The van der Waals surface area contributed by atoms with E-state index in [1.54, 1.807) is 7.05 Å². The van der Waals surface area contributed by atoms with Crippen LogP contribution in [0.25, 0.3) is 0 Å². The van der Waals surface area contributed by atoms with Gasteiger partial charge in [-0.3, -0.25) is 5.10 Å². The van der Waals surface area contributed by atoms with E-state index in [1.807, 2.05) is 0 Å². The van der Waals surface area contributed by atoms with Gasteiger partial charge in [0, 0.05) is 13.1 Å². The van der Waals surface area contributed by atoms with Gasteiger partial charge < -0.3 is 10.6 Å². The van der Waals surface area contributed by atoms with E-state index in [9.17, 15) is 8.42 Å². The predicted octanol–water partition coefficient (Wildman–Crippen LogP) is 0.487. The molecule has 0 unspecified atom stereocenters. The number of aromatic nitrogens is 2. The molecule has 0 spiro atoms. The fraction of sp³-hybridized carbons (Fsp3) is 0.750. The molecular formula is C12H23N5O2S. The summed E-state index contributed by atoms with van der Waals surface area (Å²) < 4.78 is 26.4. The topological polar surface area (TPSA) is 95.3 Å². The van der Waals surface area contributed by atoms with E-state index >= 15 is 0 Å². The van der Waals surface area contributed by atoms with Crippen LogP contribution < -0.4 is 5.73 Å². The maximum atomic E-state index is 12.5. The van der Waals surface area contributed by atoms with Crippen molar-refractivity contribution >= 4 is 15.8 Å². The predicted molar refractivity (Wildman–Crippen MR) is 77.7 cm³/mol. The number of H-pyrrole nitrogens is 1. The summed E-state index contributed by atoms with van der Waals surface area (Å²) in [6, 6.07) is 0.0300. The third-order valence-electron chi connectivity index (χ3n) is 3.90. The lowest BCUT2D eigenvalue weighted by atomic mass is 10.1. The first-order chi connectivity index (χ1) is 9.46. The number of nitrogens with zero attached hydrogens (tertiary/aromatic N) is 3. The van der Waals surface area contributed by atoms with Crippen LogP contribution in [0.4, 0.5) is 5.82 Å². The minimum absolute atomic E-state index is 0.0300. The van der Waals surface area contributed by atoms with Crippen LogP contribution in [-0.4, -0.2) is 60.5 Å². The molecule has 1 aliphatic rings. The summed E-state index contributed by atoms with van der Waals surface area (Å²) in [5.74, 6) is 0.0975. The minimum Gasteiger partial charge on any atom is -0.383 e. The molecule has 0 amide bonds. The summed E-state index contributed by atoms with van der Waals surface area (Å²) >= 11 is 0. The molecule has 1 saturated heterocycles. The molecule has 0 bridgehead atoms. The quantitative estimate of drug-likeness (QED) is 0.825. The van der Waals surface area contributed by atoms with Crippen LogP contribution >= 0.6 is 0 Å². The molecule has 2 heterocycles. The van der Waals surface area contributed by atoms with Crippen molar-refractivity contribution in [3.63, 3.8) is 0 Å². The van der Waals surface area contributed by atoms with Crippen molar-refractivity contribution in [2.75, 3.05) is 32.4 Å². The van der Waals surface area contributed by atoms with Gasteiger partial charge in [0.25, 0.3) is 0 Å². The molecule has 20 heavy (non-hydrogen) atoms. The van der Waals surface area contributed by atoms with Crippen LogP contribution in [0.2, 0.25) is 0 Å². The molecule has 1 aromatic rings. The van der Waals surface area contributed by atoms with Crippen molar-refractivity contribution in [2.45, 2.75) is 37.1 Å². The van der Waals surface area contributed by atoms with E-state index in [-0.39, 0.29) is 16.8 Å². The Bertz CT molecular complexity index is 534. The van der Waals surface area contributed by atoms with Gasteiger partial charge in [0.2, 0.25) is 10.0 Å². The monoisotopic (exact) mass is 301 g/mol. The summed E-state index contributed by atoms with van der Waals surface area (Å²) in [6.45, 7) is 5.13. The molecule has 1 fully saturated rings. The Morgan fingerprint density at radius 1 is 1.50 bits per heavy atom. The zero-order valence-electron chi connectivity index (χ0n) is 12.0. The van der Waals surface area contributed by atoms with Crippen LogP contribution in [0.15, 0.2) is 11.1 Å². The molecule has 0 radical (unpaired) electrons. The first-order valence-electron chi connectivity index (χ1n) is 6.96. The number of anilines is 1. The number of sulfonamides is 1. The fourth-order valence-corrected chi connectivity index (χ4v) is 4.09. The molecule has 2 rings (SSSR count). The first-order valence-corrected chi connectivity index (χ1v) is 8.40. The third-order valence-corrected chi connectivity index (χ3v) is 5.84. The summed E-state index contributed by atoms with van der Waals surface area (Å²) in [5, 5.41) is 6.16. The number of rotatable bonds is 5. The van der Waals surface area contributed by atoms with Crippen LogP contribution in [0, 0.1) is 0 Å². The van der Waals surface area contributed by atoms with Crippen LogP contribution in [0.5, 0.6) is 0 Å². The zero-order chi connectivity index (χ0) is 14.8. The first kappa shape index (κ1) is 15.3. The highest BCUT2D eigenvalue weighted by molar-refractivity contribution is 7.89. The molecule has 0 aliphatic carbocycles. The highest BCUT2D eigenvalue weighted by Gasteiger charge is 2.32. The Morgan fingerprint density at radius 2 is 2.15 bits per heavy atom. The maximum absolute atomic E-state index is 12.5. The van der Waals surface area contributed by atoms with Gasteiger partial charge in [0.1, 0.15) is 10.7 Å². The number of nitrogens with two attached hydrogens (primary N) is 1. The van der Waals surface area contributed by atoms with Crippen molar-refractivity contribution in [2.24, 2.45) is 0 Å². The van der Waals surface area contributed by atoms with E-state index in [4.69, 9.17) is 5.73 Å². The Hall–Kier alpha value is -1.12. The Balaban J connectivity index is 2.05. The largest absolute Gasteiger partial charge is 0.383 e. The summed E-state index contributed by atoms with van der Waals surface area (Å²) in [7, 11) is -1.93. The molecule has 114 valence electrons. The molecule has 1 aliphatic heterocycles. The van der Waals surface area contributed by atoms with Crippen molar-refractivity contribution in [3.05, 3.63) is 6.20 Å². The molecule has 1 aromatic heterocycles. The number of piperidine rings is 1. The van der Waals surface area contributed by atoms with Gasteiger partial charge in [-0.2, -0.15) is 9.40 Å². The van der Waals surface area contributed by atoms with Crippen LogP contribution in [0.3, 0.4) is 0 Å². The average molecular weight is 301 g/mol. The Kier molecular flexibility index (Phi) is 4.66. The summed E-state index contributed by atoms with van der Waals surface area (Å²) in [4.78, 5) is 2.44. The Labute approximate surface area is 120 Å². The lowest BCUT2D eigenvalue weighted by Gasteiger charge is -2.35. The smallest absolute Gasteiger partial charge is 0.248 e. The average Bonchev–Trinajstić information content (AvgIpc) is 2.86. The van der Waals surface area contributed by atoms with Gasteiger partial charge in [-0.15, -0.1) is 0 Å². The normalized spacial score (nSPS) is 18.8. The third kappa shape index (κ3) is 2.97. The maximum Gasteiger partial charge on any atom is 0.248 e. The lowest BCUT2D eigenvalue weighted by Crippen LogP contribution is -2.45. The van der Waals surface area contributed by atoms with E-state index in [2.05, 4.69) is 22.0 Å². The second-order valence-electron chi connectivity index (χ2n) is 5.24. The van der Waals surface area contributed by atoms with Gasteiger partial charge in [0.15, 0.2) is 0 Å². The van der Waals surface area contributed by atoms with E-state index in [0.29, 0.717) is 0 Å². The van der Waals surface area contributed by atoms with Gasteiger partial charge in [-0.05, 0) is 38.9 Å². The van der Waals surface area contributed by atoms with Gasteiger partial charge in [-0.25, -0.2) is 8.42 Å². The Morgan fingerprint density at radius 3 is 2.65 bits per heavy atom. The number of likely N-dealkylation sites (tertiary alicyclic amines) is 1. The van der Waals surface area contributed by atoms with Crippen LogP contribution in [-0.2, 0) is 10.0 Å². The van der Waals surface area contributed by atoms with Crippen molar-refractivity contribution < 1.29 is 8.42 Å². The van der Waals surface area contributed by atoms with Gasteiger partial charge in [0.05, 0.1) is 6.20 Å². The number of nitrogen functional groups attached to an aromatic ring is 1. The standard InChI is InChI=1S/C12H23N5O2S/c1-3-6-17-7-4-10(5-8-17)16(2)20(18,19)11-9-14-15-12(11)13/h9-10H,3-8H2,1-2H3,(H3,13,14,15). The number of nitrogens with one attached hydrogen (secondary N) is 1. The molecule has 8 heteroatoms. The van der Waals surface area contributed by atoms with Crippen LogP contribution in [0.1, 0.15) is 26.2 Å². The molecule has 0 saturated carbocycles.